The second kappa shape index (κ2) is 5.88. The summed E-state index contributed by atoms with van der Waals surface area (Å²) in [5, 5.41) is 18.8. The van der Waals surface area contributed by atoms with Gasteiger partial charge < -0.3 is 5.11 Å². The van der Waals surface area contributed by atoms with Gasteiger partial charge in [0.05, 0.1) is 17.8 Å². The molecule has 1 unspecified atom stereocenters. The van der Waals surface area contributed by atoms with E-state index in [2.05, 4.69) is 16.0 Å². The Morgan fingerprint density at radius 2 is 2.16 bits per heavy atom. The number of rotatable bonds is 4. The summed E-state index contributed by atoms with van der Waals surface area (Å²) < 4.78 is 2.11. The van der Waals surface area contributed by atoms with Crippen LogP contribution in [0.25, 0.3) is 0 Å². The monoisotopic (exact) mass is 276 g/mol. The topological polar surface area (TPSA) is 38.0 Å². The molecule has 2 heterocycles. The largest absolute Gasteiger partial charge is 0.388 e. The molecule has 3 rings (SSSR count). The van der Waals surface area contributed by atoms with Gasteiger partial charge in [-0.15, -0.1) is 0 Å². The molecule has 1 atom stereocenters. The van der Waals surface area contributed by atoms with Crippen LogP contribution in [-0.2, 0) is 6.42 Å². The van der Waals surface area contributed by atoms with Crippen LogP contribution in [-0.4, -0.2) is 14.9 Å². The molecule has 2 aromatic heterocycles. The Balaban J connectivity index is 1.64. The molecule has 1 aliphatic carbocycles. The van der Waals surface area contributed by atoms with E-state index in [0.717, 1.165) is 11.3 Å². The average Bonchev–Trinajstić information content (AvgIpc) is 3.11. The van der Waals surface area contributed by atoms with E-state index >= 15 is 0 Å². The van der Waals surface area contributed by atoms with Gasteiger partial charge in [0, 0.05) is 12.6 Å². The number of hydrogen-bond donors (Lipinski definition) is 1. The number of aliphatic hydroxyl groups excluding tert-OH is 1. The van der Waals surface area contributed by atoms with Gasteiger partial charge in [-0.1, -0.05) is 19.3 Å². The highest BCUT2D eigenvalue weighted by molar-refractivity contribution is 7.07. The predicted molar refractivity (Wildman–Crippen MR) is 77.3 cm³/mol. The van der Waals surface area contributed by atoms with E-state index in [0.29, 0.717) is 12.5 Å². The number of aromatic nitrogens is 2. The number of aliphatic hydroxyl groups is 1. The Labute approximate surface area is 117 Å². The lowest BCUT2D eigenvalue weighted by Gasteiger charge is -2.21. The van der Waals surface area contributed by atoms with Gasteiger partial charge in [-0.25, -0.2) is 0 Å². The lowest BCUT2D eigenvalue weighted by atomic mass is 9.96. The third kappa shape index (κ3) is 3.07. The van der Waals surface area contributed by atoms with Crippen LogP contribution in [0, 0.1) is 0 Å². The Bertz CT molecular complexity index is 500. The Morgan fingerprint density at radius 3 is 2.89 bits per heavy atom. The fraction of sp³-hybridized carbons (Fsp3) is 0.533. The molecule has 19 heavy (non-hydrogen) atoms. The van der Waals surface area contributed by atoms with Gasteiger partial charge in [0.2, 0.25) is 0 Å². The first kappa shape index (κ1) is 12.9. The van der Waals surface area contributed by atoms with Crippen LogP contribution in [0.3, 0.4) is 0 Å². The van der Waals surface area contributed by atoms with Crippen molar-refractivity contribution in [2.75, 3.05) is 0 Å². The van der Waals surface area contributed by atoms with Crippen molar-refractivity contribution < 1.29 is 5.11 Å². The number of hydrogen-bond acceptors (Lipinski definition) is 3. The molecule has 2 aromatic rings. The van der Waals surface area contributed by atoms with Crippen LogP contribution in [0.2, 0.25) is 0 Å². The Kier molecular flexibility index (Phi) is 3.99. The molecule has 0 bridgehead atoms. The average molecular weight is 276 g/mol. The van der Waals surface area contributed by atoms with E-state index in [1.54, 1.807) is 11.3 Å². The molecule has 0 radical (unpaired) electrons. The third-order valence-corrected chi connectivity index (χ3v) is 4.64. The maximum Gasteiger partial charge on any atom is 0.0854 e. The summed E-state index contributed by atoms with van der Waals surface area (Å²) in [6.45, 7) is 0. The molecule has 0 spiro atoms. The summed E-state index contributed by atoms with van der Waals surface area (Å²) in [6, 6.07) is 4.60. The fourth-order valence-corrected chi connectivity index (χ4v) is 3.52. The van der Waals surface area contributed by atoms with Crippen LogP contribution in [0.5, 0.6) is 0 Å². The molecule has 0 saturated heterocycles. The highest BCUT2D eigenvalue weighted by Gasteiger charge is 2.17. The molecule has 4 heteroatoms. The van der Waals surface area contributed by atoms with Crippen molar-refractivity contribution in [2.45, 2.75) is 50.7 Å². The zero-order valence-corrected chi connectivity index (χ0v) is 11.9. The summed E-state index contributed by atoms with van der Waals surface area (Å²) in [6.07, 6.45) is 8.74. The smallest absolute Gasteiger partial charge is 0.0854 e. The molecular formula is C15H20N2OS. The Morgan fingerprint density at radius 1 is 1.32 bits per heavy atom. The van der Waals surface area contributed by atoms with E-state index in [-0.39, 0.29) is 0 Å². The van der Waals surface area contributed by atoms with Gasteiger partial charge in [-0.2, -0.15) is 16.4 Å². The van der Waals surface area contributed by atoms with Crippen molar-refractivity contribution in [3.8, 4) is 0 Å². The summed E-state index contributed by atoms with van der Waals surface area (Å²) >= 11 is 1.62. The minimum atomic E-state index is -0.430. The Hall–Kier alpha value is -1.13. The molecule has 1 fully saturated rings. The molecule has 102 valence electrons. The summed E-state index contributed by atoms with van der Waals surface area (Å²) in [4.78, 5) is 0. The van der Waals surface area contributed by atoms with Crippen LogP contribution in [0.1, 0.15) is 55.5 Å². The zero-order valence-electron chi connectivity index (χ0n) is 11.0. The normalized spacial score (nSPS) is 18.6. The molecule has 0 aromatic carbocycles. The minimum absolute atomic E-state index is 0.430. The van der Waals surface area contributed by atoms with E-state index in [9.17, 15) is 5.11 Å². The van der Waals surface area contributed by atoms with Crippen molar-refractivity contribution in [1.29, 1.82) is 0 Å². The molecule has 1 N–H and O–H groups in total. The standard InChI is InChI=1S/C15H20N2OS/c18-15(12-7-9-19-11-12)10-13-6-8-17(16-13)14-4-2-1-3-5-14/h6-9,11,14-15,18H,1-5,10H2. The molecule has 3 nitrogen and oxygen atoms in total. The summed E-state index contributed by atoms with van der Waals surface area (Å²) in [5.74, 6) is 0. The molecule has 0 aliphatic heterocycles. The van der Waals surface area contributed by atoms with Gasteiger partial charge in [0.1, 0.15) is 0 Å². The van der Waals surface area contributed by atoms with Gasteiger partial charge in [0.25, 0.3) is 0 Å². The highest BCUT2D eigenvalue weighted by Crippen LogP contribution is 2.28. The maximum atomic E-state index is 10.1. The lowest BCUT2D eigenvalue weighted by Crippen LogP contribution is -2.13. The first-order valence-electron chi connectivity index (χ1n) is 7.07. The van der Waals surface area contributed by atoms with Gasteiger partial charge in [-0.3, -0.25) is 4.68 Å². The first-order chi connectivity index (χ1) is 9.33. The number of thiophene rings is 1. The quantitative estimate of drug-likeness (QED) is 0.924. The molecule has 1 saturated carbocycles. The molecule has 1 aliphatic rings. The van der Waals surface area contributed by atoms with Crippen molar-refractivity contribution in [2.24, 2.45) is 0 Å². The van der Waals surface area contributed by atoms with Crippen molar-refractivity contribution >= 4 is 11.3 Å². The van der Waals surface area contributed by atoms with E-state index in [1.165, 1.54) is 32.1 Å². The molecule has 0 amide bonds. The van der Waals surface area contributed by atoms with Gasteiger partial charge >= 0.3 is 0 Å². The first-order valence-corrected chi connectivity index (χ1v) is 8.01. The highest BCUT2D eigenvalue weighted by atomic mass is 32.1. The van der Waals surface area contributed by atoms with Crippen LogP contribution < -0.4 is 0 Å². The second-order valence-corrected chi connectivity index (χ2v) is 6.14. The number of nitrogens with zero attached hydrogens (tertiary/aromatic N) is 2. The van der Waals surface area contributed by atoms with Crippen molar-refractivity contribution in [3.63, 3.8) is 0 Å². The maximum absolute atomic E-state index is 10.1. The van der Waals surface area contributed by atoms with E-state index < -0.39 is 6.10 Å². The molecular weight excluding hydrogens is 256 g/mol. The second-order valence-electron chi connectivity index (χ2n) is 5.36. The van der Waals surface area contributed by atoms with Crippen LogP contribution in [0.4, 0.5) is 0 Å². The van der Waals surface area contributed by atoms with Crippen LogP contribution in [0.15, 0.2) is 29.1 Å². The van der Waals surface area contributed by atoms with Crippen molar-refractivity contribution in [1.82, 2.24) is 9.78 Å². The van der Waals surface area contributed by atoms with E-state index in [4.69, 9.17) is 0 Å². The van der Waals surface area contributed by atoms with Crippen molar-refractivity contribution in [3.05, 3.63) is 40.3 Å². The van der Waals surface area contributed by atoms with E-state index in [1.807, 2.05) is 22.9 Å². The third-order valence-electron chi connectivity index (χ3n) is 3.94. The van der Waals surface area contributed by atoms with Gasteiger partial charge in [0.15, 0.2) is 0 Å². The lowest BCUT2D eigenvalue weighted by molar-refractivity contribution is 0.177. The summed E-state index contributed by atoms with van der Waals surface area (Å²) in [7, 11) is 0. The summed E-state index contributed by atoms with van der Waals surface area (Å²) in [5.41, 5.74) is 1.99. The fourth-order valence-electron chi connectivity index (χ4n) is 2.82. The SMILES string of the molecule is OC(Cc1ccn(C2CCCCC2)n1)c1ccsc1. The van der Waals surface area contributed by atoms with Crippen LogP contribution >= 0.6 is 11.3 Å². The predicted octanol–water partition coefficient (Wildman–Crippen LogP) is 3.73. The minimum Gasteiger partial charge on any atom is -0.388 e. The zero-order chi connectivity index (χ0) is 13.1. The van der Waals surface area contributed by atoms with Gasteiger partial charge in [-0.05, 0) is 41.3 Å².